The van der Waals surface area contributed by atoms with Gasteiger partial charge in [0.25, 0.3) is 11.5 Å². The molecule has 1 atom stereocenters. The number of halogens is 4. The van der Waals surface area contributed by atoms with Gasteiger partial charge in [-0.25, -0.2) is 4.98 Å². The fourth-order valence-electron chi connectivity index (χ4n) is 7.85. The zero-order valence-electron chi connectivity index (χ0n) is 30.2. The summed E-state index contributed by atoms with van der Waals surface area (Å²) in [5, 5.41) is 26.7. The molecule has 0 unspecified atom stereocenters. The average Bonchev–Trinajstić information content (AvgIpc) is 3.74. The van der Waals surface area contributed by atoms with E-state index >= 15 is 0 Å². The molecular formula is C37H33ClF3N9O7. The van der Waals surface area contributed by atoms with Crippen LogP contribution in [0.1, 0.15) is 65.4 Å². The Morgan fingerprint density at radius 2 is 1.89 bits per heavy atom. The SMILES string of the molecule is C[C@H]1OC2(CCN(C(=O)c3ncccc3O)CC2)c2c1n(CC(=O)Nc1ccc(C(F)(F)F)cc1Cl)c1nc(C3=CCN(C(=O)C4(C#N)COC4)CC3)nn1c2=O. The summed E-state index contributed by atoms with van der Waals surface area (Å²) in [5.74, 6) is -1.64. The largest absolute Gasteiger partial charge is 0.505 e. The number of hydrogen-bond donors (Lipinski definition) is 2. The molecule has 0 radical (unpaired) electrons. The lowest BCUT2D eigenvalue weighted by molar-refractivity contribution is -0.160. The summed E-state index contributed by atoms with van der Waals surface area (Å²) in [5.41, 5.74) is -2.99. The van der Waals surface area contributed by atoms with Gasteiger partial charge in [0.05, 0.1) is 52.9 Å². The number of aromatic nitrogens is 5. The van der Waals surface area contributed by atoms with Crippen molar-refractivity contribution < 1.29 is 42.1 Å². The predicted octanol–water partition coefficient (Wildman–Crippen LogP) is 3.68. The Balaban J connectivity index is 1.15. The van der Waals surface area contributed by atoms with Crippen molar-refractivity contribution in [2.24, 2.45) is 5.41 Å². The van der Waals surface area contributed by atoms with Gasteiger partial charge in [-0.05, 0) is 62.1 Å². The van der Waals surface area contributed by atoms with Crippen LogP contribution in [0.2, 0.25) is 5.02 Å². The van der Waals surface area contributed by atoms with Crippen LogP contribution in [0.25, 0.3) is 11.4 Å². The van der Waals surface area contributed by atoms with Crippen LogP contribution in [0.3, 0.4) is 0 Å². The van der Waals surface area contributed by atoms with Gasteiger partial charge in [-0.2, -0.15) is 27.9 Å². The lowest BCUT2D eigenvalue weighted by atomic mass is 9.85. The third-order valence-corrected chi connectivity index (χ3v) is 11.2. The van der Waals surface area contributed by atoms with E-state index in [1.54, 1.807) is 17.9 Å². The summed E-state index contributed by atoms with van der Waals surface area (Å²) in [4.78, 5) is 66.5. The van der Waals surface area contributed by atoms with Gasteiger partial charge < -0.3 is 34.3 Å². The minimum absolute atomic E-state index is 0.0115. The second-order valence-corrected chi connectivity index (χ2v) is 14.8. The van der Waals surface area contributed by atoms with Crippen LogP contribution in [-0.4, -0.2) is 96.2 Å². The molecule has 4 aliphatic heterocycles. The number of nitriles is 1. The number of alkyl halides is 3. The molecule has 296 valence electrons. The number of benzene rings is 1. The topological polar surface area (TPSA) is 197 Å². The second-order valence-electron chi connectivity index (χ2n) is 14.4. The molecule has 8 rings (SSSR count). The number of carbonyl (C=O) groups is 3. The van der Waals surface area contributed by atoms with E-state index in [1.807, 2.05) is 0 Å². The molecule has 2 N–H and O–H groups in total. The molecule has 4 aromatic rings. The van der Waals surface area contributed by atoms with E-state index in [1.165, 1.54) is 27.8 Å². The fraction of sp³-hybridized carbons (Fsp3) is 0.405. The highest BCUT2D eigenvalue weighted by molar-refractivity contribution is 6.33. The number of amides is 3. The predicted molar refractivity (Wildman–Crippen MR) is 193 cm³/mol. The molecule has 1 aromatic carbocycles. The Labute approximate surface area is 326 Å². The van der Waals surface area contributed by atoms with Gasteiger partial charge in [-0.3, -0.25) is 19.2 Å². The number of likely N-dealkylation sites (tertiary alicyclic amines) is 1. The minimum Gasteiger partial charge on any atom is -0.505 e. The van der Waals surface area contributed by atoms with E-state index in [4.69, 9.17) is 26.1 Å². The highest BCUT2D eigenvalue weighted by atomic mass is 35.5. The Morgan fingerprint density at radius 3 is 2.51 bits per heavy atom. The minimum atomic E-state index is -4.65. The molecule has 4 aliphatic rings. The molecule has 7 heterocycles. The van der Waals surface area contributed by atoms with Gasteiger partial charge >= 0.3 is 6.18 Å². The number of hydrogen-bond acceptors (Lipinski definition) is 11. The van der Waals surface area contributed by atoms with Crippen molar-refractivity contribution in [3.8, 4) is 11.8 Å². The maximum absolute atomic E-state index is 14.5. The van der Waals surface area contributed by atoms with Gasteiger partial charge in [-0.15, -0.1) is 5.10 Å². The van der Waals surface area contributed by atoms with Crippen LogP contribution in [0.5, 0.6) is 5.75 Å². The summed E-state index contributed by atoms with van der Waals surface area (Å²) in [6.45, 7) is 1.94. The average molecular weight is 808 g/mol. The zero-order valence-corrected chi connectivity index (χ0v) is 30.9. The van der Waals surface area contributed by atoms with Crippen LogP contribution in [0.4, 0.5) is 18.9 Å². The summed E-state index contributed by atoms with van der Waals surface area (Å²) < 4.78 is 54.1. The van der Waals surface area contributed by atoms with Gasteiger partial charge in [0.15, 0.2) is 16.9 Å². The number of ether oxygens (including phenoxy) is 2. The van der Waals surface area contributed by atoms with E-state index in [9.17, 15) is 42.7 Å². The first-order chi connectivity index (χ1) is 27.1. The van der Waals surface area contributed by atoms with Crippen molar-refractivity contribution in [2.75, 3.05) is 44.7 Å². The highest BCUT2D eigenvalue weighted by Gasteiger charge is 2.51. The number of rotatable bonds is 6. The third kappa shape index (κ3) is 6.46. The van der Waals surface area contributed by atoms with Crippen molar-refractivity contribution in [2.45, 2.75) is 50.6 Å². The molecule has 2 fully saturated rings. The molecule has 1 spiro atoms. The summed E-state index contributed by atoms with van der Waals surface area (Å²) in [6, 6.07) is 7.47. The molecule has 57 heavy (non-hydrogen) atoms. The monoisotopic (exact) mass is 807 g/mol. The Bertz CT molecular complexity index is 2480. The van der Waals surface area contributed by atoms with Crippen molar-refractivity contribution in [3.05, 3.63) is 86.3 Å². The van der Waals surface area contributed by atoms with Gasteiger partial charge in [0.1, 0.15) is 17.9 Å². The third-order valence-electron chi connectivity index (χ3n) is 10.9. The van der Waals surface area contributed by atoms with Crippen LogP contribution < -0.4 is 10.9 Å². The van der Waals surface area contributed by atoms with Gasteiger partial charge in [0.2, 0.25) is 17.6 Å². The number of fused-ring (bicyclic) bond motifs is 3. The summed E-state index contributed by atoms with van der Waals surface area (Å²) in [7, 11) is 0. The first-order valence-electron chi connectivity index (χ1n) is 17.9. The standard InChI is InChI=1S/C37H33ClF3N9O7/c1-20-29-27(36(57-20)8-13-47(14-9-36)32(54)28-25(51)3-2-10-43-28)31(53)50-34(49(29)16-26(52)44-24-5-4-22(15-23(24)38)37(39,40)41)45-30(46-50)21-6-11-48(12-7-21)33(55)35(17-42)18-56-19-35/h2-6,10,15,20,51H,7-9,11-14,16,18-19H2,1H3,(H,44,52)/t20-/m1/s1. The maximum atomic E-state index is 14.5. The Hall–Kier alpha value is -5.84. The van der Waals surface area contributed by atoms with E-state index in [-0.39, 0.29) is 97.5 Å². The van der Waals surface area contributed by atoms with Crippen LogP contribution in [0, 0.1) is 16.7 Å². The number of pyridine rings is 1. The summed E-state index contributed by atoms with van der Waals surface area (Å²) >= 11 is 6.15. The maximum Gasteiger partial charge on any atom is 0.416 e. The molecule has 3 amide bonds. The first kappa shape index (κ1) is 38.1. The number of nitrogens with zero attached hydrogens (tertiary/aromatic N) is 8. The van der Waals surface area contributed by atoms with E-state index in [0.717, 1.165) is 16.6 Å². The normalized spacial score (nSPS) is 19.8. The quantitative estimate of drug-likeness (QED) is 0.288. The molecule has 0 saturated carbocycles. The smallest absolute Gasteiger partial charge is 0.416 e. The van der Waals surface area contributed by atoms with Gasteiger partial charge in [0, 0.05) is 32.4 Å². The van der Waals surface area contributed by atoms with Crippen molar-refractivity contribution in [1.82, 2.24) is 33.9 Å². The van der Waals surface area contributed by atoms with Crippen LogP contribution in [0.15, 0.2) is 47.4 Å². The number of piperidine rings is 1. The molecule has 2 saturated heterocycles. The molecular weight excluding hydrogens is 775 g/mol. The number of carbonyl (C=O) groups excluding carboxylic acids is 3. The molecule has 0 bridgehead atoms. The van der Waals surface area contributed by atoms with Crippen LogP contribution >= 0.6 is 11.6 Å². The lowest BCUT2D eigenvalue weighted by Crippen LogP contribution is -2.55. The fourth-order valence-corrected chi connectivity index (χ4v) is 8.07. The molecule has 0 aliphatic carbocycles. The second kappa shape index (κ2) is 14.0. The summed E-state index contributed by atoms with van der Waals surface area (Å²) in [6.07, 6.45) is -1.65. The molecule has 16 nitrogen and oxygen atoms in total. The van der Waals surface area contributed by atoms with Crippen molar-refractivity contribution in [1.29, 1.82) is 5.26 Å². The molecule has 3 aromatic heterocycles. The number of anilines is 1. The molecule has 20 heteroatoms. The zero-order chi connectivity index (χ0) is 40.4. The highest BCUT2D eigenvalue weighted by Crippen LogP contribution is 2.48. The lowest BCUT2D eigenvalue weighted by Gasteiger charge is -2.39. The Morgan fingerprint density at radius 1 is 1.14 bits per heavy atom. The number of nitrogens with one attached hydrogen (secondary N) is 1. The van der Waals surface area contributed by atoms with Gasteiger partial charge in [-0.1, -0.05) is 17.7 Å². The first-order valence-corrected chi connectivity index (χ1v) is 18.3. The van der Waals surface area contributed by atoms with E-state index < -0.39 is 52.8 Å². The Kier molecular flexibility index (Phi) is 9.32. The number of aromatic hydroxyl groups is 1. The van der Waals surface area contributed by atoms with E-state index in [2.05, 4.69) is 21.5 Å². The van der Waals surface area contributed by atoms with E-state index in [0.29, 0.717) is 23.8 Å². The van der Waals surface area contributed by atoms with Crippen molar-refractivity contribution in [3.63, 3.8) is 0 Å². The van der Waals surface area contributed by atoms with Crippen molar-refractivity contribution >= 4 is 46.4 Å². The van der Waals surface area contributed by atoms with Crippen LogP contribution in [-0.2, 0) is 37.4 Å².